The van der Waals surface area contributed by atoms with Crippen LogP contribution in [0.25, 0.3) is 0 Å². The van der Waals surface area contributed by atoms with Crippen LogP contribution < -0.4 is 10.1 Å². The molecule has 0 spiro atoms. The second kappa shape index (κ2) is 6.99. The zero-order valence-electron chi connectivity index (χ0n) is 11.4. The van der Waals surface area contributed by atoms with Gasteiger partial charge in [0.15, 0.2) is 12.4 Å². The lowest BCUT2D eigenvalue weighted by Crippen LogP contribution is -2.28. The molecular weight excluding hydrogens is 293 g/mol. The highest BCUT2D eigenvalue weighted by molar-refractivity contribution is 7.09. The summed E-state index contributed by atoms with van der Waals surface area (Å²) < 4.78 is 18.4. The standard InChI is InChI=1S/C15H14FNO3S/c1-10(18)13-7-11(16)4-5-14(13)20-9-15(19)17-8-12-3-2-6-21-12/h2-7H,8-9H2,1H3,(H,17,19). The summed E-state index contributed by atoms with van der Waals surface area (Å²) in [5.41, 5.74) is 0.126. The quantitative estimate of drug-likeness (QED) is 0.835. The zero-order valence-corrected chi connectivity index (χ0v) is 12.2. The lowest BCUT2D eigenvalue weighted by Gasteiger charge is -2.10. The normalized spacial score (nSPS) is 10.2. The van der Waals surface area contributed by atoms with Gasteiger partial charge < -0.3 is 10.1 Å². The SMILES string of the molecule is CC(=O)c1cc(F)ccc1OCC(=O)NCc1cccs1. The summed E-state index contributed by atoms with van der Waals surface area (Å²) in [5, 5.41) is 4.63. The molecule has 6 heteroatoms. The molecule has 0 bridgehead atoms. The molecule has 0 fully saturated rings. The second-order valence-electron chi connectivity index (χ2n) is 4.34. The predicted molar refractivity (Wildman–Crippen MR) is 78.1 cm³/mol. The Labute approximate surface area is 125 Å². The number of thiophene rings is 1. The van der Waals surface area contributed by atoms with Gasteiger partial charge in [0.1, 0.15) is 11.6 Å². The van der Waals surface area contributed by atoms with E-state index in [1.165, 1.54) is 19.1 Å². The van der Waals surface area contributed by atoms with Crippen LogP contribution in [0.1, 0.15) is 22.2 Å². The maximum Gasteiger partial charge on any atom is 0.258 e. The molecule has 0 radical (unpaired) electrons. The number of Topliss-reactive ketones (excluding diaryl/α,β-unsaturated/α-hetero) is 1. The molecule has 4 nitrogen and oxygen atoms in total. The molecule has 0 aliphatic carbocycles. The van der Waals surface area contributed by atoms with Crippen molar-refractivity contribution in [2.45, 2.75) is 13.5 Å². The van der Waals surface area contributed by atoms with Gasteiger partial charge in [-0.15, -0.1) is 11.3 Å². The fourth-order valence-electron chi connectivity index (χ4n) is 1.70. The maximum absolute atomic E-state index is 13.1. The molecule has 21 heavy (non-hydrogen) atoms. The maximum atomic E-state index is 13.1. The molecule has 0 atom stereocenters. The van der Waals surface area contributed by atoms with E-state index in [1.807, 2.05) is 17.5 Å². The fraction of sp³-hybridized carbons (Fsp3) is 0.200. The van der Waals surface area contributed by atoms with E-state index in [9.17, 15) is 14.0 Å². The van der Waals surface area contributed by atoms with Gasteiger partial charge in [0, 0.05) is 4.88 Å². The number of nitrogens with one attached hydrogen (secondary N) is 1. The van der Waals surface area contributed by atoms with E-state index in [2.05, 4.69) is 5.32 Å². The van der Waals surface area contributed by atoms with Crippen molar-refractivity contribution in [3.8, 4) is 5.75 Å². The lowest BCUT2D eigenvalue weighted by molar-refractivity contribution is -0.123. The van der Waals surface area contributed by atoms with Gasteiger partial charge in [-0.05, 0) is 36.6 Å². The van der Waals surface area contributed by atoms with E-state index < -0.39 is 5.82 Å². The summed E-state index contributed by atoms with van der Waals surface area (Å²) in [6.07, 6.45) is 0. The topological polar surface area (TPSA) is 55.4 Å². The minimum Gasteiger partial charge on any atom is -0.483 e. The van der Waals surface area contributed by atoms with Gasteiger partial charge in [-0.2, -0.15) is 0 Å². The number of benzene rings is 1. The van der Waals surface area contributed by atoms with Crippen molar-refractivity contribution < 1.29 is 18.7 Å². The van der Waals surface area contributed by atoms with E-state index in [1.54, 1.807) is 11.3 Å². The minimum absolute atomic E-state index is 0.126. The highest BCUT2D eigenvalue weighted by Crippen LogP contribution is 2.20. The molecule has 1 aromatic heterocycles. The van der Waals surface area contributed by atoms with Gasteiger partial charge in [0.25, 0.3) is 5.91 Å². The summed E-state index contributed by atoms with van der Waals surface area (Å²) in [4.78, 5) is 24.1. The van der Waals surface area contributed by atoms with Crippen molar-refractivity contribution in [1.82, 2.24) is 5.32 Å². The Morgan fingerprint density at radius 2 is 2.14 bits per heavy atom. The third-order valence-corrected chi connectivity index (χ3v) is 3.60. The number of amides is 1. The largest absolute Gasteiger partial charge is 0.483 e. The van der Waals surface area contributed by atoms with Crippen LogP contribution in [0.15, 0.2) is 35.7 Å². The third kappa shape index (κ3) is 4.39. The van der Waals surface area contributed by atoms with Crippen LogP contribution in [0, 0.1) is 5.82 Å². The number of halogens is 1. The second-order valence-corrected chi connectivity index (χ2v) is 5.37. The molecular formula is C15H14FNO3S. The monoisotopic (exact) mass is 307 g/mol. The van der Waals surface area contributed by atoms with Crippen molar-refractivity contribution in [3.63, 3.8) is 0 Å². The predicted octanol–water partition coefficient (Wildman–Crippen LogP) is 2.79. The molecule has 0 unspecified atom stereocenters. The molecule has 0 saturated carbocycles. The van der Waals surface area contributed by atoms with Crippen LogP contribution in [0.2, 0.25) is 0 Å². The van der Waals surface area contributed by atoms with Crippen molar-refractivity contribution >= 4 is 23.0 Å². The Hall–Kier alpha value is -2.21. The molecule has 1 amide bonds. The van der Waals surface area contributed by atoms with E-state index in [-0.39, 0.29) is 29.6 Å². The van der Waals surface area contributed by atoms with Crippen LogP contribution in [0.5, 0.6) is 5.75 Å². The van der Waals surface area contributed by atoms with Crippen molar-refractivity contribution in [2.24, 2.45) is 0 Å². The van der Waals surface area contributed by atoms with E-state index in [0.717, 1.165) is 10.9 Å². The van der Waals surface area contributed by atoms with E-state index in [4.69, 9.17) is 4.74 Å². The van der Waals surface area contributed by atoms with Crippen molar-refractivity contribution in [3.05, 3.63) is 52.0 Å². The molecule has 0 aliphatic heterocycles. The Morgan fingerprint density at radius 1 is 1.33 bits per heavy atom. The molecule has 2 aromatic rings. The number of ether oxygens (including phenoxy) is 1. The molecule has 0 aliphatic rings. The lowest BCUT2D eigenvalue weighted by atomic mass is 10.1. The number of hydrogen-bond acceptors (Lipinski definition) is 4. The first-order chi connectivity index (χ1) is 10.1. The van der Waals surface area contributed by atoms with Crippen molar-refractivity contribution in [2.75, 3.05) is 6.61 Å². The highest BCUT2D eigenvalue weighted by atomic mass is 32.1. The summed E-state index contributed by atoms with van der Waals surface area (Å²) >= 11 is 1.55. The number of carbonyl (C=O) groups excluding carboxylic acids is 2. The number of carbonyl (C=O) groups is 2. The molecule has 1 N–H and O–H groups in total. The van der Waals surface area contributed by atoms with Crippen LogP contribution in [0.4, 0.5) is 4.39 Å². The van der Waals surface area contributed by atoms with Gasteiger partial charge in [-0.3, -0.25) is 9.59 Å². The van der Waals surface area contributed by atoms with Crippen LogP contribution >= 0.6 is 11.3 Å². The van der Waals surface area contributed by atoms with E-state index >= 15 is 0 Å². The molecule has 1 heterocycles. The molecule has 0 saturated heterocycles. The first-order valence-corrected chi connectivity index (χ1v) is 7.16. The van der Waals surface area contributed by atoms with Crippen LogP contribution in [-0.4, -0.2) is 18.3 Å². The van der Waals surface area contributed by atoms with Crippen LogP contribution in [-0.2, 0) is 11.3 Å². The first kappa shape index (κ1) is 15.2. The smallest absolute Gasteiger partial charge is 0.258 e. The summed E-state index contributed by atoms with van der Waals surface area (Å²) in [6.45, 7) is 1.53. The van der Waals surface area contributed by atoms with Gasteiger partial charge >= 0.3 is 0 Å². The Bertz CT molecular complexity index is 640. The summed E-state index contributed by atoms with van der Waals surface area (Å²) in [5.74, 6) is -0.935. The average molecular weight is 307 g/mol. The fourth-order valence-corrected chi connectivity index (χ4v) is 2.34. The summed E-state index contributed by atoms with van der Waals surface area (Å²) in [6, 6.07) is 7.45. The Balaban J connectivity index is 1.90. The minimum atomic E-state index is -0.519. The summed E-state index contributed by atoms with van der Waals surface area (Å²) in [7, 11) is 0. The zero-order chi connectivity index (χ0) is 15.2. The molecule has 110 valence electrons. The number of ketones is 1. The molecule has 1 aromatic carbocycles. The van der Waals surface area contributed by atoms with E-state index in [0.29, 0.717) is 6.54 Å². The number of rotatable bonds is 6. The Morgan fingerprint density at radius 3 is 2.81 bits per heavy atom. The molecule has 2 rings (SSSR count). The average Bonchev–Trinajstić information content (AvgIpc) is 2.97. The third-order valence-electron chi connectivity index (χ3n) is 2.72. The van der Waals surface area contributed by atoms with Gasteiger partial charge in [-0.1, -0.05) is 6.07 Å². The Kier molecular flexibility index (Phi) is 5.05. The highest BCUT2D eigenvalue weighted by Gasteiger charge is 2.11. The van der Waals surface area contributed by atoms with Crippen LogP contribution in [0.3, 0.4) is 0 Å². The number of hydrogen-bond donors (Lipinski definition) is 1. The van der Waals surface area contributed by atoms with Gasteiger partial charge in [-0.25, -0.2) is 4.39 Å². The van der Waals surface area contributed by atoms with Crippen molar-refractivity contribution in [1.29, 1.82) is 0 Å². The first-order valence-electron chi connectivity index (χ1n) is 6.28. The van der Waals surface area contributed by atoms with Gasteiger partial charge in [0.2, 0.25) is 0 Å². The van der Waals surface area contributed by atoms with Gasteiger partial charge in [0.05, 0.1) is 12.1 Å².